The molecule has 3 heteroatoms. The van der Waals surface area contributed by atoms with E-state index in [9.17, 15) is 4.39 Å². The number of rotatable bonds is 5. The van der Waals surface area contributed by atoms with E-state index in [0.717, 1.165) is 17.7 Å². The molecule has 0 saturated carbocycles. The van der Waals surface area contributed by atoms with Crippen molar-refractivity contribution in [2.75, 3.05) is 13.1 Å². The fourth-order valence-electron chi connectivity index (χ4n) is 1.96. The van der Waals surface area contributed by atoms with Crippen molar-refractivity contribution < 1.29 is 4.39 Å². The smallest absolute Gasteiger partial charge is 0.123 e. The van der Waals surface area contributed by atoms with Gasteiger partial charge in [-0.25, -0.2) is 4.39 Å². The maximum Gasteiger partial charge on any atom is 0.123 e. The van der Waals surface area contributed by atoms with Crippen molar-refractivity contribution in [3.63, 3.8) is 0 Å². The highest BCUT2D eigenvalue weighted by Crippen LogP contribution is 2.21. The molecule has 0 aromatic heterocycles. The minimum Gasteiger partial charge on any atom is -0.329 e. The molecule has 1 atom stereocenters. The van der Waals surface area contributed by atoms with Crippen LogP contribution in [0.4, 0.5) is 4.39 Å². The molecule has 0 aliphatic carbocycles. The van der Waals surface area contributed by atoms with Gasteiger partial charge in [-0.05, 0) is 23.3 Å². The van der Waals surface area contributed by atoms with E-state index in [1.54, 1.807) is 12.1 Å². The van der Waals surface area contributed by atoms with Crippen LogP contribution in [0.25, 0.3) is 0 Å². The number of hydrogen-bond donors (Lipinski definition) is 2. The highest BCUT2D eigenvalue weighted by atomic mass is 19.1. The Labute approximate surface area is 107 Å². The number of benzene rings is 2. The van der Waals surface area contributed by atoms with Crippen molar-refractivity contribution in [3.8, 4) is 0 Å². The standard InChI is InChI=1S/C15H17FN2/c16-14-8-6-13(7-9-14)15(18-11-10-17)12-4-2-1-3-5-12/h1-9,15,18H,10-11,17H2. The Kier molecular flexibility index (Phi) is 4.45. The van der Waals surface area contributed by atoms with E-state index >= 15 is 0 Å². The van der Waals surface area contributed by atoms with Gasteiger partial charge in [0.25, 0.3) is 0 Å². The van der Waals surface area contributed by atoms with E-state index in [4.69, 9.17) is 5.73 Å². The summed E-state index contributed by atoms with van der Waals surface area (Å²) in [4.78, 5) is 0. The van der Waals surface area contributed by atoms with E-state index in [2.05, 4.69) is 17.4 Å². The van der Waals surface area contributed by atoms with Crippen LogP contribution in [0.1, 0.15) is 17.2 Å². The number of nitrogens with two attached hydrogens (primary N) is 1. The van der Waals surface area contributed by atoms with Gasteiger partial charge in [-0.15, -0.1) is 0 Å². The van der Waals surface area contributed by atoms with Crippen molar-refractivity contribution in [1.82, 2.24) is 5.32 Å². The largest absolute Gasteiger partial charge is 0.329 e. The molecule has 0 radical (unpaired) electrons. The van der Waals surface area contributed by atoms with Gasteiger partial charge in [0.15, 0.2) is 0 Å². The molecule has 0 spiro atoms. The lowest BCUT2D eigenvalue weighted by atomic mass is 9.99. The predicted octanol–water partition coefficient (Wildman–Crippen LogP) is 2.46. The van der Waals surface area contributed by atoms with Gasteiger partial charge in [0.1, 0.15) is 5.82 Å². The highest BCUT2D eigenvalue weighted by molar-refractivity contribution is 5.31. The lowest BCUT2D eigenvalue weighted by Gasteiger charge is -2.19. The van der Waals surface area contributed by atoms with Gasteiger partial charge >= 0.3 is 0 Å². The highest BCUT2D eigenvalue weighted by Gasteiger charge is 2.12. The van der Waals surface area contributed by atoms with E-state index in [-0.39, 0.29) is 11.9 Å². The van der Waals surface area contributed by atoms with Crippen LogP contribution in [0.3, 0.4) is 0 Å². The predicted molar refractivity (Wildman–Crippen MR) is 71.7 cm³/mol. The molecule has 94 valence electrons. The summed E-state index contributed by atoms with van der Waals surface area (Å²) in [5.74, 6) is -0.218. The average molecular weight is 244 g/mol. The Hall–Kier alpha value is -1.71. The molecular formula is C15H17FN2. The summed E-state index contributed by atoms with van der Waals surface area (Å²) in [7, 11) is 0. The molecule has 0 amide bonds. The van der Waals surface area contributed by atoms with Gasteiger partial charge in [0, 0.05) is 13.1 Å². The molecule has 0 bridgehead atoms. The van der Waals surface area contributed by atoms with Crippen LogP contribution in [0, 0.1) is 5.82 Å². The zero-order valence-electron chi connectivity index (χ0n) is 10.1. The second kappa shape index (κ2) is 6.28. The summed E-state index contributed by atoms with van der Waals surface area (Å²) >= 11 is 0. The Bertz CT molecular complexity index is 468. The van der Waals surface area contributed by atoms with E-state index < -0.39 is 0 Å². The van der Waals surface area contributed by atoms with Crippen molar-refractivity contribution in [3.05, 3.63) is 71.5 Å². The SMILES string of the molecule is NCCNC(c1ccccc1)c1ccc(F)cc1. The maximum atomic E-state index is 13.0. The van der Waals surface area contributed by atoms with Crippen LogP contribution < -0.4 is 11.1 Å². The summed E-state index contributed by atoms with van der Waals surface area (Å²) in [5.41, 5.74) is 7.72. The third-order valence-electron chi connectivity index (χ3n) is 2.83. The van der Waals surface area contributed by atoms with Gasteiger partial charge in [0.05, 0.1) is 6.04 Å². The molecular weight excluding hydrogens is 227 g/mol. The van der Waals surface area contributed by atoms with Crippen LogP contribution in [0.2, 0.25) is 0 Å². The molecule has 2 rings (SSSR count). The Morgan fingerprint density at radius 3 is 2.17 bits per heavy atom. The number of hydrogen-bond acceptors (Lipinski definition) is 2. The second-order valence-corrected chi connectivity index (χ2v) is 4.14. The molecule has 0 fully saturated rings. The molecule has 2 aromatic rings. The Balaban J connectivity index is 2.27. The molecule has 0 aliphatic rings. The van der Waals surface area contributed by atoms with E-state index in [0.29, 0.717) is 6.54 Å². The van der Waals surface area contributed by atoms with Crippen LogP contribution in [-0.4, -0.2) is 13.1 Å². The number of nitrogens with one attached hydrogen (secondary N) is 1. The third kappa shape index (κ3) is 3.15. The zero-order chi connectivity index (χ0) is 12.8. The van der Waals surface area contributed by atoms with Gasteiger partial charge in [-0.3, -0.25) is 0 Å². The van der Waals surface area contributed by atoms with Gasteiger partial charge in [-0.2, -0.15) is 0 Å². The lowest BCUT2D eigenvalue weighted by Crippen LogP contribution is -2.28. The fraction of sp³-hybridized carbons (Fsp3) is 0.200. The first-order chi connectivity index (χ1) is 8.81. The van der Waals surface area contributed by atoms with Gasteiger partial charge in [-0.1, -0.05) is 42.5 Å². The Morgan fingerprint density at radius 2 is 1.56 bits per heavy atom. The first kappa shape index (κ1) is 12.7. The molecule has 18 heavy (non-hydrogen) atoms. The maximum absolute atomic E-state index is 13.0. The van der Waals surface area contributed by atoms with E-state index in [1.165, 1.54) is 12.1 Å². The monoisotopic (exact) mass is 244 g/mol. The third-order valence-corrected chi connectivity index (χ3v) is 2.83. The van der Waals surface area contributed by atoms with Crippen LogP contribution in [0.15, 0.2) is 54.6 Å². The van der Waals surface area contributed by atoms with Crippen LogP contribution >= 0.6 is 0 Å². The van der Waals surface area contributed by atoms with Crippen LogP contribution in [-0.2, 0) is 0 Å². The molecule has 1 unspecified atom stereocenters. The minimum absolute atomic E-state index is 0.0512. The molecule has 0 heterocycles. The molecule has 0 saturated heterocycles. The molecule has 3 N–H and O–H groups in total. The van der Waals surface area contributed by atoms with Crippen molar-refractivity contribution in [2.45, 2.75) is 6.04 Å². The van der Waals surface area contributed by atoms with Gasteiger partial charge < -0.3 is 11.1 Å². The molecule has 2 nitrogen and oxygen atoms in total. The topological polar surface area (TPSA) is 38.0 Å². The average Bonchev–Trinajstić information content (AvgIpc) is 2.42. The summed E-state index contributed by atoms with van der Waals surface area (Å²) in [6.07, 6.45) is 0. The summed E-state index contributed by atoms with van der Waals surface area (Å²) in [6.45, 7) is 1.29. The van der Waals surface area contributed by atoms with Crippen molar-refractivity contribution in [2.24, 2.45) is 5.73 Å². The molecule has 2 aromatic carbocycles. The first-order valence-corrected chi connectivity index (χ1v) is 6.05. The van der Waals surface area contributed by atoms with Crippen LogP contribution in [0.5, 0.6) is 0 Å². The Morgan fingerprint density at radius 1 is 0.944 bits per heavy atom. The first-order valence-electron chi connectivity index (χ1n) is 6.05. The summed E-state index contributed by atoms with van der Waals surface area (Å²) in [6, 6.07) is 16.7. The van der Waals surface area contributed by atoms with Crippen molar-refractivity contribution >= 4 is 0 Å². The summed E-state index contributed by atoms with van der Waals surface area (Å²) < 4.78 is 13.0. The zero-order valence-corrected chi connectivity index (χ0v) is 10.1. The minimum atomic E-state index is -0.218. The van der Waals surface area contributed by atoms with Crippen molar-refractivity contribution in [1.29, 1.82) is 0 Å². The summed E-state index contributed by atoms with van der Waals surface area (Å²) in [5, 5.41) is 3.37. The lowest BCUT2D eigenvalue weighted by molar-refractivity contribution is 0.603. The molecule has 0 aliphatic heterocycles. The normalized spacial score (nSPS) is 12.3. The second-order valence-electron chi connectivity index (χ2n) is 4.14. The van der Waals surface area contributed by atoms with Gasteiger partial charge in [0.2, 0.25) is 0 Å². The van der Waals surface area contributed by atoms with E-state index in [1.807, 2.05) is 18.2 Å². The quantitative estimate of drug-likeness (QED) is 0.848. The number of halogens is 1. The fourth-order valence-corrected chi connectivity index (χ4v) is 1.96.